The molecule has 20 rings (SSSR count). The number of rotatable bonds is 14. The SMILES string of the molecule is Fc1c(F)c(F)c(-c2ccc(N(c3ccc(-c4ccc5c(c4)c4ccccc4n5-c4ccccc4)cc3)c3ccc(-c4cccc5ccccc45)cc3)cc2)c(F)c1F.Fc1ccc(-c2ccc(N(c3ccc(-c4ccc5ccccc5c4)cc3)c3ccc(-c4ccc5c(c4)c4ccccc4n5-c4ccccc4)cc3)cc2)cc1. The van der Waals surface area contributed by atoms with E-state index in [0.717, 1.165) is 111 Å². The number of hydrogen-bond donors (Lipinski definition) is 0. The number of benzene rings is 18. The summed E-state index contributed by atoms with van der Waals surface area (Å²) in [6, 6.07) is 136. The van der Waals surface area contributed by atoms with Gasteiger partial charge >= 0.3 is 0 Å². The molecule has 20 aromatic rings. The molecule has 0 saturated heterocycles. The molecule has 544 valence electrons. The highest BCUT2D eigenvalue weighted by Gasteiger charge is 2.28. The summed E-state index contributed by atoms with van der Waals surface area (Å²) in [5.74, 6) is -10.2. The zero-order valence-electron chi connectivity index (χ0n) is 61.2. The summed E-state index contributed by atoms with van der Waals surface area (Å²) in [6.07, 6.45) is 0. The summed E-state index contributed by atoms with van der Waals surface area (Å²) in [5, 5.41) is 9.48. The minimum Gasteiger partial charge on any atom is -0.311 e. The maximum Gasteiger partial charge on any atom is 0.200 e. The lowest BCUT2D eigenvalue weighted by atomic mass is 9.98. The van der Waals surface area contributed by atoms with E-state index in [0.29, 0.717) is 5.69 Å². The second-order valence-corrected chi connectivity index (χ2v) is 28.3. The predicted molar refractivity (Wildman–Crippen MR) is 458 cm³/mol. The Hall–Kier alpha value is -14.7. The van der Waals surface area contributed by atoms with Gasteiger partial charge in [-0.1, -0.05) is 249 Å². The fourth-order valence-electron chi connectivity index (χ4n) is 16.0. The van der Waals surface area contributed by atoms with Crippen molar-refractivity contribution in [3.05, 3.63) is 435 Å². The van der Waals surface area contributed by atoms with Crippen molar-refractivity contribution in [3.63, 3.8) is 0 Å². The van der Waals surface area contributed by atoms with Crippen molar-refractivity contribution in [1.29, 1.82) is 0 Å². The summed E-state index contributed by atoms with van der Waals surface area (Å²) in [5.41, 5.74) is 21.9. The Kier molecular flexibility index (Phi) is 18.1. The van der Waals surface area contributed by atoms with Crippen LogP contribution in [0.15, 0.2) is 400 Å². The Morgan fingerprint density at radius 3 is 0.939 bits per heavy atom. The maximum absolute atomic E-state index is 14.8. The molecule has 0 amide bonds. The highest BCUT2D eigenvalue weighted by molar-refractivity contribution is 6.12. The van der Waals surface area contributed by atoms with Crippen LogP contribution < -0.4 is 9.80 Å². The van der Waals surface area contributed by atoms with Gasteiger partial charge in [-0.05, 0) is 234 Å². The number of para-hydroxylation sites is 4. The standard InChI is InChI=1S/C52H31F5N2.C52H35FN2/c53-48-47(49(54)51(56)52(57)50(48)55)35-21-28-40(29-22-35)58(39-26-19-34(20-27-39)42-15-8-10-33-9-4-5-13-41(33)42)38-24-17-32(18-25-38)36-23-30-46-44(31-36)43-14-6-7-16-45(43)59(46)37-11-2-1-3-12-37;53-44-25-16-37(17-26-44)38-18-27-46(28-19-38)54(47-29-20-39(21-30-47)42-15-14-36-8-4-5-9-41(36)34-42)48-31-22-40(23-32-48)43-24-33-52-50(35-43)49-12-6-7-13-51(49)55(52)45-10-2-1-3-11-45/h1-31H;1-35H. The van der Waals surface area contributed by atoms with Crippen LogP contribution in [-0.4, -0.2) is 9.13 Å². The molecule has 0 unspecified atom stereocenters. The highest BCUT2D eigenvalue weighted by Crippen LogP contribution is 2.44. The molecule has 0 atom stereocenters. The lowest BCUT2D eigenvalue weighted by molar-refractivity contribution is 0.381. The fourth-order valence-corrected chi connectivity index (χ4v) is 16.0. The molecule has 0 bridgehead atoms. The minimum atomic E-state index is -2.19. The zero-order chi connectivity index (χ0) is 76.9. The molecule has 0 aliphatic rings. The van der Waals surface area contributed by atoms with Crippen LogP contribution in [0.3, 0.4) is 0 Å². The summed E-state index contributed by atoms with van der Waals surface area (Å²) < 4.78 is 90.2. The molecule has 114 heavy (non-hydrogen) atoms. The normalized spacial score (nSPS) is 11.4. The molecule has 0 aliphatic carbocycles. The molecule has 2 aromatic heterocycles. The van der Waals surface area contributed by atoms with Crippen molar-refractivity contribution in [3.8, 4) is 78.1 Å². The van der Waals surface area contributed by atoms with Gasteiger partial charge in [-0.15, -0.1) is 0 Å². The van der Waals surface area contributed by atoms with Gasteiger partial charge in [0.05, 0.1) is 27.6 Å². The first-order valence-electron chi connectivity index (χ1n) is 37.7. The van der Waals surface area contributed by atoms with Crippen LogP contribution in [0.25, 0.3) is 143 Å². The molecule has 0 saturated carbocycles. The van der Waals surface area contributed by atoms with Crippen LogP contribution >= 0.6 is 0 Å². The fraction of sp³-hybridized carbons (Fsp3) is 0. The number of aromatic nitrogens is 2. The van der Waals surface area contributed by atoms with Crippen LogP contribution in [0.4, 0.5) is 60.5 Å². The first-order chi connectivity index (χ1) is 56.0. The number of anilines is 6. The van der Waals surface area contributed by atoms with Crippen LogP contribution in [0.5, 0.6) is 0 Å². The van der Waals surface area contributed by atoms with Crippen LogP contribution in [-0.2, 0) is 0 Å². The minimum absolute atomic E-state index is 0.146. The van der Waals surface area contributed by atoms with E-state index < -0.39 is 34.6 Å². The van der Waals surface area contributed by atoms with Crippen LogP contribution in [0.2, 0.25) is 0 Å². The van der Waals surface area contributed by atoms with E-state index in [9.17, 15) is 26.3 Å². The van der Waals surface area contributed by atoms with E-state index in [1.165, 1.54) is 73.5 Å². The number of nitrogens with zero attached hydrogens (tertiary/aromatic N) is 4. The molecule has 0 spiro atoms. The van der Waals surface area contributed by atoms with Crippen LogP contribution in [0.1, 0.15) is 0 Å². The van der Waals surface area contributed by atoms with Crippen molar-refractivity contribution >= 4 is 99.3 Å². The lowest BCUT2D eigenvalue weighted by Gasteiger charge is -2.26. The van der Waals surface area contributed by atoms with Gasteiger partial charge in [0.1, 0.15) is 5.82 Å². The smallest absolute Gasteiger partial charge is 0.200 e. The van der Waals surface area contributed by atoms with Gasteiger partial charge in [-0.25, -0.2) is 26.3 Å². The van der Waals surface area contributed by atoms with Gasteiger partial charge < -0.3 is 18.9 Å². The Labute approximate surface area is 654 Å². The van der Waals surface area contributed by atoms with E-state index in [-0.39, 0.29) is 11.4 Å². The van der Waals surface area contributed by atoms with Gasteiger partial charge in [-0.3, -0.25) is 0 Å². The van der Waals surface area contributed by atoms with E-state index in [2.05, 4.69) is 281 Å². The Morgan fingerprint density at radius 2 is 0.491 bits per heavy atom. The monoisotopic (exact) mass is 1480 g/mol. The van der Waals surface area contributed by atoms with E-state index in [1.807, 2.05) is 102 Å². The Bertz CT molecular complexity index is 6950. The van der Waals surface area contributed by atoms with Crippen molar-refractivity contribution in [2.75, 3.05) is 9.80 Å². The third kappa shape index (κ3) is 12.9. The molecular formula is C104H66F6N4. The zero-order valence-corrected chi connectivity index (χ0v) is 61.2. The van der Waals surface area contributed by atoms with Crippen molar-refractivity contribution in [2.45, 2.75) is 0 Å². The quantitative estimate of drug-likeness (QED) is 0.0613. The number of fused-ring (bicyclic) bond motifs is 8. The van der Waals surface area contributed by atoms with Gasteiger partial charge in [0, 0.05) is 67.0 Å². The molecule has 0 aliphatic heterocycles. The van der Waals surface area contributed by atoms with E-state index >= 15 is 0 Å². The summed E-state index contributed by atoms with van der Waals surface area (Å²) >= 11 is 0. The summed E-state index contributed by atoms with van der Waals surface area (Å²) in [4.78, 5) is 4.27. The second kappa shape index (κ2) is 29.6. The third-order valence-corrected chi connectivity index (χ3v) is 21.7. The highest BCUT2D eigenvalue weighted by atomic mass is 19.2. The number of hydrogen-bond acceptors (Lipinski definition) is 2. The molecular weight excluding hydrogens is 1420 g/mol. The van der Waals surface area contributed by atoms with Gasteiger partial charge in [-0.2, -0.15) is 0 Å². The Morgan fingerprint density at radius 1 is 0.184 bits per heavy atom. The summed E-state index contributed by atoms with van der Waals surface area (Å²) in [6.45, 7) is 0. The lowest BCUT2D eigenvalue weighted by Crippen LogP contribution is -2.10. The van der Waals surface area contributed by atoms with Gasteiger partial charge in [0.25, 0.3) is 0 Å². The molecule has 18 aromatic carbocycles. The average molecular weight is 1490 g/mol. The average Bonchev–Trinajstić information content (AvgIpc) is 1.58. The largest absolute Gasteiger partial charge is 0.311 e. The first-order valence-corrected chi connectivity index (χ1v) is 37.7. The molecule has 2 heterocycles. The second-order valence-electron chi connectivity index (χ2n) is 28.3. The number of halogens is 6. The van der Waals surface area contributed by atoms with Gasteiger partial charge in [0.2, 0.25) is 5.82 Å². The topological polar surface area (TPSA) is 16.3 Å². The molecule has 4 nitrogen and oxygen atoms in total. The predicted octanol–water partition coefficient (Wildman–Crippen LogP) is 29.7. The molecule has 0 N–H and O–H groups in total. The van der Waals surface area contributed by atoms with Crippen molar-refractivity contribution in [1.82, 2.24) is 9.13 Å². The van der Waals surface area contributed by atoms with Crippen molar-refractivity contribution in [2.24, 2.45) is 0 Å². The molecule has 0 radical (unpaired) electrons. The van der Waals surface area contributed by atoms with Gasteiger partial charge in [0.15, 0.2) is 23.3 Å². The molecule has 10 heteroatoms. The third-order valence-electron chi connectivity index (χ3n) is 21.7. The maximum atomic E-state index is 14.8. The summed E-state index contributed by atoms with van der Waals surface area (Å²) in [7, 11) is 0. The van der Waals surface area contributed by atoms with E-state index in [1.54, 1.807) is 12.1 Å². The Balaban J connectivity index is 0.000000153. The van der Waals surface area contributed by atoms with Crippen LogP contribution in [0, 0.1) is 34.9 Å². The van der Waals surface area contributed by atoms with E-state index in [4.69, 9.17) is 0 Å². The van der Waals surface area contributed by atoms with Crippen molar-refractivity contribution < 1.29 is 26.3 Å². The first kappa shape index (κ1) is 69.7. The molecule has 0 fully saturated rings.